The maximum Gasteiger partial charge on any atom is 0.261 e. The molecule has 1 atom stereocenters. The van der Waals surface area contributed by atoms with Gasteiger partial charge in [0.2, 0.25) is 0 Å². The highest BCUT2D eigenvalue weighted by molar-refractivity contribution is 7.14. The van der Waals surface area contributed by atoms with Gasteiger partial charge in [-0.3, -0.25) is 4.79 Å². The summed E-state index contributed by atoms with van der Waals surface area (Å²) in [5.41, 5.74) is 2.52. The Morgan fingerprint density at radius 3 is 2.79 bits per heavy atom. The summed E-state index contributed by atoms with van der Waals surface area (Å²) >= 11 is 1.66. The summed E-state index contributed by atoms with van der Waals surface area (Å²) < 4.78 is 0. The third kappa shape index (κ3) is 2.56. The van der Waals surface area contributed by atoms with E-state index in [1.165, 1.54) is 16.9 Å². The van der Waals surface area contributed by atoms with Crippen molar-refractivity contribution in [2.24, 2.45) is 0 Å². The van der Waals surface area contributed by atoms with Gasteiger partial charge in [-0.15, -0.1) is 11.3 Å². The average molecular weight is 271 g/mol. The second kappa shape index (κ2) is 5.17. The molecule has 1 N–H and O–H groups in total. The molecule has 1 aromatic heterocycles. The Morgan fingerprint density at radius 2 is 2.05 bits per heavy atom. The van der Waals surface area contributed by atoms with E-state index in [1.54, 1.807) is 11.3 Å². The van der Waals surface area contributed by atoms with Crippen molar-refractivity contribution in [2.75, 3.05) is 0 Å². The van der Waals surface area contributed by atoms with Gasteiger partial charge in [0.05, 0.1) is 10.9 Å². The topological polar surface area (TPSA) is 29.1 Å². The summed E-state index contributed by atoms with van der Waals surface area (Å²) in [6.07, 6.45) is 3.51. The van der Waals surface area contributed by atoms with Gasteiger partial charge in [0.1, 0.15) is 0 Å². The zero-order valence-corrected chi connectivity index (χ0v) is 11.8. The third-order valence-corrected chi connectivity index (χ3v) is 4.85. The second-order valence-electron chi connectivity index (χ2n) is 5.02. The molecule has 0 saturated heterocycles. The first-order valence-electron chi connectivity index (χ1n) is 6.71. The third-order valence-electron chi connectivity index (χ3n) is 3.62. The van der Waals surface area contributed by atoms with Crippen LogP contribution >= 0.6 is 11.3 Å². The minimum Gasteiger partial charge on any atom is -0.345 e. The van der Waals surface area contributed by atoms with Crippen molar-refractivity contribution >= 4 is 17.2 Å². The smallest absolute Gasteiger partial charge is 0.261 e. The highest BCUT2D eigenvalue weighted by Crippen LogP contribution is 2.30. The number of carbonyl (C=O) groups excluding carboxylic acids is 1. The molecule has 98 valence electrons. The van der Waals surface area contributed by atoms with E-state index in [4.69, 9.17) is 0 Å². The molecule has 1 heterocycles. The number of benzene rings is 1. The normalized spacial score (nSPS) is 15.0. The van der Waals surface area contributed by atoms with E-state index in [9.17, 15) is 4.79 Å². The lowest BCUT2D eigenvalue weighted by molar-refractivity contribution is 0.0944. The molecule has 1 amide bonds. The maximum absolute atomic E-state index is 12.2. The number of carbonyl (C=O) groups is 1. The van der Waals surface area contributed by atoms with Gasteiger partial charge >= 0.3 is 0 Å². The summed E-state index contributed by atoms with van der Waals surface area (Å²) in [5.74, 6) is 0.0516. The number of fused-ring (bicyclic) bond motifs is 1. The molecule has 2 aromatic rings. The Bertz CT molecular complexity index is 567. The van der Waals surface area contributed by atoms with Crippen LogP contribution in [0.2, 0.25) is 0 Å². The van der Waals surface area contributed by atoms with Gasteiger partial charge in [0.15, 0.2) is 0 Å². The van der Waals surface area contributed by atoms with Crippen LogP contribution in [0.1, 0.15) is 45.1 Å². The second-order valence-corrected chi connectivity index (χ2v) is 6.16. The Kier molecular flexibility index (Phi) is 3.38. The minimum absolute atomic E-state index is 0.0469. The van der Waals surface area contributed by atoms with Crippen LogP contribution in [0.15, 0.2) is 36.4 Å². The van der Waals surface area contributed by atoms with Gasteiger partial charge < -0.3 is 5.32 Å². The molecule has 3 rings (SSSR count). The number of hydrogen-bond donors (Lipinski definition) is 1. The summed E-state index contributed by atoms with van der Waals surface area (Å²) in [6, 6.07) is 12.2. The minimum atomic E-state index is 0.0469. The number of aryl methyl sites for hydroxylation is 2. The molecule has 0 bridgehead atoms. The first-order chi connectivity index (χ1) is 9.24. The highest BCUT2D eigenvalue weighted by Gasteiger charge is 2.19. The fourth-order valence-electron chi connectivity index (χ4n) is 2.53. The van der Waals surface area contributed by atoms with Crippen LogP contribution in [0, 0.1) is 0 Å². The van der Waals surface area contributed by atoms with Crippen molar-refractivity contribution in [2.45, 2.75) is 32.2 Å². The highest BCUT2D eigenvalue weighted by atomic mass is 32.1. The molecule has 0 saturated carbocycles. The number of amides is 1. The van der Waals surface area contributed by atoms with Crippen LogP contribution in [0.4, 0.5) is 0 Å². The van der Waals surface area contributed by atoms with Crippen LogP contribution < -0.4 is 5.32 Å². The molecule has 1 aromatic carbocycles. The summed E-state index contributed by atoms with van der Waals surface area (Å²) in [6.45, 7) is 2.02. The maximum atomic E-state index is 12.2. The van der Waals surface area contributed by atoms with Crippen molar-refractivity contribution in [3.05, 3.63) is 57.3 Å². The lowest BCUT2D eigenvalue weighted by Gasteiger charge is -2.13. The Hall–Kier alpha value is -1.61. The SMILES string of the molecule is C[C@H](NC(=O)c1cc2c(s1)CCC2)c1ccccc1. The van der Waals surface area contributed by atoms with Gasteiger partial charge in [0, 0.05) is 4.88 Å². The number of nitrogens with one attached hydrogen (secondary N) is 1. The standard InChI is InChI=1S/C16H17NOS/c1-11(12-6-3-2-4-7-12)17-16(18)15-10-13-8-5-9-14(13)19-15/h2-4,6-7,10-11H,5,8-9H2,1H3,(H,17,18)/t11-/m0/s1. The van der Waals surface area contributed by atoms with E-state index in [0.717, 1.165) is 23.3 Å². The van der Waals surface area contributed by atoms with E-state index >= 15 is 0 Å². The fourth-order valence-corrected chi connectivity index (χ4v) is 3.69. The molecule has 0 spiro atoms. The summed E-state index contributed by atoms with van der Waals surface area (Å²) in [7, 11) is 0. The molecule has 2 nitrogen and oxygen atoms in total. The molecule has 1 aliphatic rings. The van der Waals surface area contributed by atoms with E-state index < -0.39 is 0 Å². The number of rotatable bonds is 3. The average Bonchev–Trinajstić information content (AvgIpc) is 3.00. The molecule has 0 unspecified atom stereocenters. The Balaban J connectivity index is 1.71. The predicted octanol–water partition coefficient (Wildman–Crippen LogP) is 3.73. The molecule has 0 aliphatic heterocycles. The predicted molar refractivity (Wildman–Crippen MR) is 78.7 cm³/mol. The zero-order chi connectivity index (χ0) is 13.2. The van der Waals surface area contributed by atoms with Crippen molar-refractivity contribution in [1.82, 2.24) is 5.32 Å². The molecular formula is C16H17NOS. The van der Waals surface area contributed by atoms with Crippen LogP contribution in [0.3, 0.4) is 0 Å². The molecule has 1 aliphatic carbocycles. The Morgan fingerprint density at radius 1 is 1.26 bits per heavy atom. The monoisotopic (exact) mass is 271 g/mol. The molecule has 3 heteroatoms. The van der Waals surface area contributed by atoms with Crippen molar-refractivity contribution in [1.29, 1.82) is 0 Å². The van der Waals surface area contributed by atoms with Gasteiger partial charge in [-0.25, -0.2) is 0 Å². The van der Waals surface area contributed by atoms with Crippen LogP contribution in [-0.2, 0) is 12.8 Å². The summed E-state index contributed by atoms with van der Waals surface area (Å²) in [5, 5.41) is 3.07. The lowest BCUT2D eigenvalue weighted by Crippen LogP contribution is -2.25. The van der Waals surface area contributed by atoms with Gasteiger partial charge in [-0.05, 0) is 43.4 Å². The first-order valence-corrected chi connectivity index (χ1v) is 7.53. The van der Waals surface area contributed by atoms with E-state index in [1.807, 2.05) is 37.3 Å². The molecule has 0 fully saturated rings. The summed E-state index contributed by atoms with van der Waals surface area (Å²) in [4.78, 5) is 14.5. The fraction of sp³-hybridized carbons (Fsp3) is 0.312. The lowest BCUT2D eigenvalue weighted by atomic mass is 10.1. The molecule has 0 radical (unpaired) electrons. The number of hydrogen-bond acceptors (Lipinski definition) is 2. The van der Waals surface area contributed by atoms with E-state index in [2.05, 4.69) is 11.4 Å². The quantitative estimate of drug-likeness (QED) is 0.905. The molecular weight excluding hydrogens is 254 g/mol. The molecule has 19 heavy (non-hydrogen) atoms. The van der Waals surface area contributed by atoms with E-state index in [-0.39, 0.29) is 11.9 Å². The van der Waals surface area contributed by atoms with Crippen LogP contribution in [0.5, 0.6) is 0 Å². The van der Waals surface area contributed by atoms with Crippen molar-refractivity contribution in [3.8, 4) is 0 Å². The number of thiophene rings is 1. The van der Waals surface area contributed by atoms with Crippen LogP contribution in [-0.4, -0.2) is 5.91 Å². The van der Waals surface area contributed by atoms with Gasteiger partial charge in [-0.2, -0.15) is 0 Å². The largest absolute Gasteiger partial charge is 0.345 e. The van der Waals surface area contributed by atoms with Gasteiger partial charge in [-0.1, -0.05) is 30.3 Å². The zero-order valence-electron chi connectivity index (χ0n) is 11.0. The van der Waals surface area contributed by atoms with Crippen molar-refractivity contribution < 1.29 is 4.79 Å². The Labute approximate surface area is 117 Å². The van der Waals surface area contributed by atoms with Gasteiger partial charge in [0.25, 0.3) is 5.91 Å². The first kappa shape index (κ1) is 12.4. The van der Waals surface area contributed by atoms with Crippen LogP contribution in [0.25, 0.3) is 0 Å². The van der Waals surface area contributed by atoms with Crippen molar-refractivity contribution in [3.63, 3.8) is 0 Å². The van der Waals surface area contributed by atoms with E-state index in [0.29, 0.717) is 0 Å².